The highest BCUT2D eigenvalue weighted by Crippen LogP contribution is 2.37. The van der Waals surface area contributed by atoms with Crippen LogP contribution in [0.15, 0.2) is 29.2 Å². The summed E-state index contributed by atoms with van der Waals surface area (Å²) in [6.45, 7) is 1.85. The number of hydroxylamine groups is 3. The lowest BCUT2D eigenvalue weighted by molar-refractivity contribution is -0.160. The number of carbonyl (C=O) groups excluding carboxylic acids is 1. The van der Waals surface area contributed by atoms with Crippen molar-refractivity contribution in [2.75, 3.05) is 6.54 Å². The third-order valence-corrected chi connectivity index (χ3v) is 5.92. The topological polar surface area (TPSA) is 107 Å². The molecule has 1 aromatic rings. The van der Waals surface area contributed by atoms with Gasteiger partial charge in [0.25, 0.3) is 5.91 Å². The predicted octanol–water partition coefficient (Wildman–Crippen LogP) is 0.455. The maximum atomic E-state index is 12.7. The van der Waals surface area contributed by atoms with E-state index in [1.807, 2.05) is 0 Å². The highest BCUT2D eigenvalue weighted by molar-refractivity contribution is 7.93. The lowest BCUT2D eigenvalue weighted by Gasteiger charge is -2.31. The fourth-order valence-corrected chi connectivity index (χ4v) is 4.36. The van der Waals surface area contributed by atoms with Crippen molar-refractivity contribution in [3.05, 3.63) is 29.8 Å². The maximum Gasteiger partial charge on any atom is 0.282 e. The van der Waals surface area contributed by atoms with Crippen LogP contribution in [-0.2, 0) is 14.6 Å². The minimum Gasteiger partial charge on any atom is -0.312 e. The fourth-order valence-electron chi connectivity index (χ4n) is 2.40. The van der Waals surface area contributed by atoms with Gasteiger partial charge in [0.15, 0.2) is 0 Å². The lowest BCUT2D eigenvalue weighted by Crippen LogP contribution is -2.58. The second-order valence-corrected chi connectivity index (χ2v) is 6.92. The molecule has 8 heteroatoms. The summed E-state index contributed by atoms with van der Waals surface area (Å²) in [5, 5.41) is 19.2. The van der Waals surface area contributed by atoms with Crippen molar-refractivity contribution < 1.29 is 23.6 Å². The van der Waals surface area contributed by atoms with Crippen LogP contribution in [0.3, 0.4) is 0 Å². The molecule has 1 aliphatic rings. The third-order valence-electron chi connectivity index (χ3n) is 3.53. The summed E-state index contributed by atoms with van der Waals surface area (Å²) < 4.78 is 25.4. The largest absolute Gasteiger partial charge is 0.312 e. The summed E-state index contributed by atoms with van der Waals surface area (Å²) in [6.07, 6.45) is 0.237. The number of benzene rings is 1. The van der Waals surface area contributed by atoms with Gasteiger partial charge < -0.3 is 5.21 Å². The summed E-state index contributed by atoms with van der Waals surface area (Å²) in [5.74, 6) is -1.15. The molecule has 1 unspecified atom stereocenters. The number of hydrogen-bond acceptors (Lipinski definition) is 6. The summed E-state index contributed by atoms with van der Waals surface area (Å²) in [4.78, 5) is 9.63. The molecule has 1 heterocycles. The molecule has 0 bridgehead atoms. The fraction of sp³-hybridized carbons (Fsp3) is 0.417. The Hall–Kier alpha value is -1.48. The number of nitrogens with zero attached hydrogens (tertiary/aromatic N) is 1. The molecule has 110 valence electrons. The number of aryl methyl sites for hydroxylation is 1. The van der Waals surface area contributed by atoms with Crippen molar-refractivity contribution in [2.45, 2.75) is 29.5 Å². The van der Waals surface area contributed by atoms with E-state index in [-0.39, 0.29) is 17.9 Å². The van der Waals surface area contributed by atoms with E-state index in [1.165, 1.54) is 17.6 Å². The molecule has 2 rings (SSSR count). The van der Waals surface area contributed by atoms with Gasteiger partial charge in [-0.3, -0.25) is 10.0 Å². The van der Waals surface area contributed by atoms with E-state index in [0.29, 0.717) is 11.5 Å². The van der Waals surface area contributed by atoms with Crippen molar-refractivity contribution in [1.82, 2.24) is 10.5 Å². The summed E-state index contributed by atoms with van der Waals surface area (Å²) in [5.41, 5.74) is 2.22. The summed E-state index contributed by atoms with van der Waals surface area (Å²) in [6, 6.07) is 5.97. The minimum atomic E-state index is -4.17. The van der Waals surface area contributed by atoms with Crippen molar-refractivity contribution in [3.63, 3.8) is 0 Å². The van der Waals surface area contributed by atoms with Crippen LogP contribution < -0.4 is 5.48 Å². The monoisotopic (exact) mass is 300 g/mol. The van der Waals surface area contributed by atoms with Crippen molar-refractivity contribution in [2.24, 2.45) is 0 Å². The van der Waals surface area contributed by atoms with E-state index in [2.05, 4.69) is 0 Å². The quantitative estimate of drug-likeness (QED) is 0.553. The van der Waals surface area contributed by atoms with Crippen LogP contribution in [0.2, 0.25) is 0 Å². The molecule has 0 saturated carbocycles. The lowest BCUT2D eigenvalue weighted by atomic mass is 10.2. The molecule has 0 aromatic heterocycles. The number of sulfone groups is 1. The molecule has 0 radical (unpaired) electrons. The SMILES string of the molecule is Cc1ccc(S(=O)(=O)C2(C(=O)NO)CCCN2O)cc1. The van der Waals surface area contributed by atoms with Crippen LogP contribution in [0, 0.1) is 6.92 Å². The predicted molar refractivity (Wildman–Crippen MR) is 68.8 cm³/mol. The van der Waals surface area contributed by atoms with Gasteiger partial charge in [-0.15, -0.1) is 0 Å². The Morgan fingerprint density at radius 3 is 2.40 bits per heavy atom. The number of amides is 1. The summed E-state index contributed by atoms with van der Waals surface area (Å²) in [7, 11) is -4.17. The molecule has 20 heavy (non-hydrogen) atoms. The van der Waals surface area contributed by atoms with Gasteiger partial charge in [0, 0.05) is 6.54 Å². The molecular weight excluding hydrogens is 284 g/mol. The first-order valence-electron chi connectivity index (χ1n) is 6.08. The van der Waals surface area contributed by atoms with E-state index in [4.69, 9.17) is 5.21 Å². The molecule has 1 saturated heterocycles. The highest BCUT2D eigenvalue weighted by Gasteiger charge is 2.58. The maximum absolute atomic E-state index is 12.7. The highest BCUT2D eigenvalue weighted by atomic mass is 32.2. The molecule has 0 spiro atoms. The van der Waals surface area contributed by atoms with Gasteiger partial charge in [0.2, 0.25) is 14.7 Å². The van der Waals surface area contributed by atoms with Crippen LogP contribution in [0.4, 0.5) is 0 Å². The zero-order valence-electron chi connectivity index (χ0n) is 10.9. The van der Waals surface area contributed by atoms with Gasteiger partial charge in [-0.2, -0.15) is 5.06 Å². The Balaban J connectivity index is 2.59. The van der Waals surface area contributed by atoms with Crippen LogP contribution in [-0.4, -0.2) is 41.2 Å². The van der Waals surface area contributed by atoms with E-state index < -0.39 is 20.6 Å². The van der Waals surface area contributed by atoms with Crippen LogP contribution in [0.25, 0.3) is 0 Å². The van der Waals surface area contributed by atoms with Gasteiger partial charge in [-0.05, 0) is 31.9 Å². The molecular formula is C12H16N2O5S. The Labute approximate surface area is 116 Å². The van der Waals surface area contributed by atoms with E-state index in [1.54, 1.807) is 19.1 Å². The Morgan fingerprint density at radius 1 is 1.35 bits per heavy atom. The van der Waals surface area contributed by atoms with Gasteiger partial charge in [-0.1, -0.05) is 17.7 Å². The van der Waals surface area contributed by atoms with Gasteiger partial charge in [0.05, 0.1) is 4.90 Å². The Bertz CT molecular complexity index is 613. The van der Waals surface area contributed by atoms with Crippen molar-refractivity contribution in [1.29, 1.82) is 0 Å². The first-order chi connectivity index (χ1) is 9.36. The van der Waals surface area contributed by atoms with Crippen LogP contribution in [0.1, 0.15) is 18.4 Å². The Kier molecular flexibility index (Phi) is 3.83. The molecule has 7 nitrogen and oxygen atoms in total. The number of rotatable bonds is 3. The normalized spacial score (nSPS) is 23.8. The third kappa shape index (κ3) is 2.01. The second-order valence-electron chi connectivity index (χ2n) is 4.77. The smallest absolute Gasteiger partial charge is 0.282 e. The molecule has 3 N–H and O–H groups in total. The van der Waals surface area contributed by atoms with Crippen LogP contribution >= 0.6 is 0 Å². The average Bonchev–Trinajstić information content (AvgIpc) is 2.81. The minimum absolute atomic E-state index is 0.0402. The molecule has 1 aliphatic heterocycles. The number of nitrogens with one attached hydrogen (secondary N) is 1. The first-order valence-corrected chi connectivity index (χ1v) is 7.57. The van der Waals surface area contributed by atoms with E-state index in [0.717, 1.165) is 5.56 Å². The Morgan fingerprint density at radius 2 is 1.95 bits per heavy atom. The van der Waals surface area contributed by atoms with Crippen molar-refractivity contribution in [3.8, 4) is 0 Å². The first kappa shape index (κ1) is 14.9. The standard InChI is InChI=1S/C12H16N2O5S/c1-9-3-5-10(6-4-9)20(18,19)12(11(15)13-16)7-2-8-14(12)17/h3-6,16-17H,2,7-8H2,1H3,(H,13,15). The molecule has 0 aliphatic carbocycles. The molecule has 1 atom stereocenters. The zero-order valence-corrected chi connectivity index (χ0v) is 11.7. The van der Waals surface area contributed by atoms with Crippen LogP contribution in [0.5, 0.6) is 0 Å². The van der Waals surface area contributed by atoms with Gasteiger partial charge >= 0.3 is 0 Å². The summed E-state index contributed by atoms with van der Waals surface area (Å²) >= 11 is 0. The molecule has 1 aromatic carbocycles. The van der Waals surface area contributed by atoms with E-state index in [9.17, 15) is 18.4 Å². The molecule has 1 fully saturated rings. The van der Waals surface area contributed by atoms with E-state index >= 15 is 0 Å². The number of hydrogen-bond donors (Lipinski definition) is 3. The van der Waals surface area contributed by atoms with Crippen molar-refractivity contribution >= 4 is 15.7 Å². The van der Waals surface area contributed by atoms with Gasteiger partial charge in [0.1, 0.15) is 0 Å². The zero-order chi connectivity index (χ0) is 15.0. The average molecular weight is 300 g/mol. The second kappa shape index (κ2) is 5.13. The number of carbonyl (C=O) groups is 1. The molecule has 1 amide bonds. The van der Waals surface area contributed by atoms with Gasteiger partial charge in [-0.25, -0.2) is 13.9 Å².